The number of aliphatic imine (C=N–C) groups is 2. The predicted octanol–water partition coefficient (Wildman–Crippen LogP) is 0.898. The molecule has 3 nitrogen and oxygen atoms in total. The Bertz CT molecular complexity index is 194. The maximum Gasteiger partial charge on any atom is 0.0667 e. The van der Waals surface area contributed by atoms with E-state index in [9.17, 15) is 0 Å². The summed E-state index contributed by atoms with van der Waals surface area (Å²) in [6.07, 6.45) is 1.88. The summed E-state index contributed by atoms with van der Waals surface area (Å²) in [4.78, 5) is 8.68. The number of rotatable bonds is 3. The van der Waals surface area contributed by atoms with Crippen molar-refractivity contribution in [2.45, 2.75) is 32.9 Å². The third-order valence-corrected chi connectivity index (χ3v) is 1.73. The van der Waals surface area contributed by atoms with Gasteiger partial charge in [-0.25, -0.2) is 0 Å². The molecule has 0 aromatic carbocycles. The highest BCUT2D eigenvalue weighted by molar-refractivity contribution is 6.32. The van der Waals surface area contributed by atoms with Gasteiger partial charge in [0.1, 0.15) is 0 Å². The van der Waals surface area contributed by atoms with Crippen LogP contribution in [0.4, 0.5) is 0 Å². The molecular formula is C9H17N3. The second-order valence-electron chi connectivity index (χ2n) is 3.49. The van der Waals surface area contributed by atoms with Crippen LogP contribution in [-0.2, 0) is 0 Å². The molecule has 0 saturated heterocycles. The third-order valence-electron chi connectivity index (χ3n) is 1.73. The lowest BCUT2D eigenvalue weighted by Crippen LogP contribution is -2.31. The molecule has 68 valence electrons. The minimum Gasteiger partial charge on any atom is -0.309 e. The molecule has 1 aliphatic rings. The Morgan fingerprint density at radius 1 is 1.67 bits per heavy atom. The van der Waals surface area contributed by atoms with E-state index in [0.29, 0.717) is 12.1 Å². The zero-order valence-electron chi connectivity index (χ0n) is 8.04. The average Bonchev–Trinajstić information content (AvgIpc) is 2.03. The van der Waals surface area contributed by atoms with E-state index in [2.05, 4.69) is 36.1 Å². The molecule has 12 heavy (non-hydrogen) atoms. The van der Waals surface area contributed by atoms with Crippen LogP contribution in [0.15, 0.2) is 9.98 Å². The first-order chi connectivity index (χ1) is 5.68. The van der Waals surface area contributed by atoms with Crippen LogP contribution in [0.2, 0.25) is 0 Å². The van der Waals surface area contributed by atoms with Gasteiger partial charge in [0.15, 0.2) is 0 Å². The molecule has 0 amide bonds. The minimum absolute atomic E-state index is 0.368. The zero-order chi connectivity index (χ0) is 8.97. The van der Waals surface area contributed by atoms with Crippen molar-refractivity contribution in [2.24, 2.45) is 9.98 Å². The lowest BCUT2D eigenvalue weighted by atomic mass is 10.2. The molecular weight excluding hydrogens is 150 g/mol. The Labute approximate surface area is 74.0 Å². The SMILES string of the molecule is CC1CN=C(CNC(C)C)C=N1. The van der Waals surface area contributed by atoms with Crippen molar-refractivity contribution in [1.82, 2.24) is 5.32 Å². The van der Waals surface area contributed by atoms with Crippen molar-refractivity contribution in [3.63, 3.8) is 0 Å². The van der Waals surface area contributed by atoms with Gasteiger partial charge < -0.3 is 5.32 Å². The van der Waals surface area contributed by atoms with E-state index in [0.717, 1.165) is 18.8 Å². The first-order valence-corrected chi connectivity index (χ1v) is 4.48. The highest BCUT2D eigenvalue weighted by Crippen LogP contribution is 1.95. The molecule has 0 aliphatic carbocycles. The number of nitrogens with one attached hydrogen (secondary N) is 1. The van der Waals surface area contributed by atoms with Crippen LogP contribution in [0.25, 0.3) is 0 Å². The molecule has 0 radical (unpaired) electrons. The molecule has 0 bridgehead atoms. The second-order valence-corrected chi connectivity index (χ2v) is 3.49. The van der Waals surface area contributed by atoms with Crippen molar-refractivity contribution in [2.75, 3.05) is 13.1 Å². The Hall–Kier alpha value is -0.700. The fourth-order valence-corrected chi connectivity index (χ4v) is 0.961. The Kier molecular flexibility index (Phi) is 3.41. The zero-order valence-corrected chi connectivity index (χ0v) is 8.04. The summed E-state index contributed by atoms with van der Waals surface area (Å²) >= 11 is 0. The highest BCUT2D eigenvalue weighted by Gasteiger charge is 2.05. The molecule has 1 rings (SSSR count). The van der Waals surface area contributed by atoms with Crippen LogP contribution in [0.5, 0.6) is 0 Å². The molecule has 0 aromatic rings. The molecule has 1 unspecified atom stereocenters. The quantitative estimate of drug-likeness (QED) is 0.666. The van der Waals surface area contributed by atoms with Gasteiger partial charge in [0.2, 0.25) is 0 Å². The Morgan fingerprint density at radius 2 is 2.42 bits per heavy atom. The van der Waals surface area contributed by atoms with Crippen molar-refractivity contribution in [1.29, 1.82) is 0 Å². The number of hydrogen-bond donors (Lipinski definition) is 1. The normalized spacial score (nSPS) is 23.0. The summed E-state index contributed by atoms with van der Waals surface area (Å²) in [7, 11) is 0. The first kappa shape index (κ1) is 9.39. The van der Waals surface area contributed by atoms with Crippen LogP contribution >= 0.6 is 0 Å². The first-order valence-electron chi connectivity index (χ1n) is 4.48. The van der Waals surface area contributed by atoms with E-state index >= 15 is 0 Å². The van der Waals surface area contributed by atoms with Gasteiger partial charge in [0, 0.05) is 18.8 Å². The van der Waals surface area contributed by atoms with E-state index in [1.54, 1.807) is 0 Å². The van der Waals surface area contributed by atoms with Crippen LogP contribution in [-0.4, -0.2) is 37.1 Å². The Balaban J connectivity index is 2.30. The summed E-state index contributed by atoms with van der Waals surface area (Å²) in [6.45, 7) is 8.01. The monoisotopic (exact) mass is 167 g/mol. The van der Waals surface area contributed by atoms with Gasteiger partial charge in [0.05, 0.1) is 18.3 Å². The second kappa shape index (κ2) is 4.36. The topological polar surface area (TPSA) is 36.8 Å². The summed E-state index contributed by atoms with van der Waals surface area (Å²) < 4.78 is 0. The van der Waals surface area contributed by atoms with Gasteiger partial charge in [-0.15, -0.1) is 0 Å². The summed E-state index contributed by atoms with van der Waals surface area (Å²) in [5, 5.41) is 3.31. The Morgan fingerprint density at radius 3 is 2.92 bits per heavy atom. The van der Waals surface area contributed by atoms with Crippen LogP contribution in [0.1, 0.15) is 20.8 Å². The maximum atomic E-state index is 4.39. The molecule has 0 saturated carbocycles. The van der Waals surface area contributed by atoms with Crippen LogP contribution in [0, 0.1) is 0 Å². The minimum atomic E-state index is 0.368. The summed E-state index contributed by atoms with van der Waals surface area (Å²) in [5.41, 5.74) is 1.07. The number of nitrogens with zero attached hydrogens (tertiary/aromatic N) is 2. The summed E-state index contributed by atoms with van der Waals surface area (Å²) in [6, 6.07) is 0.883. The predicted molar refractivity (Wildman–Crippen MR) is 53.4 cm³/mol. The molecule has 1 heterocycles. The maximum absolute atomic E-state index is 4.39. The highest BCUT2D eigenvalue weighted by atomic mass is 15.0. The molecule has 1 atom stereocenters. The van der Waals surface area contributed by atoms with Gasteiger partial charge in [-0.05, 0) is 6.92 Å². The molecule has 3 heteroatoms. The number of hydrogen-bond acceptors (Lipinski definition) is 3. The van der Waals surface area contributed by atoms with Crippen molar-refractivity contribution >= 4 is 11.9 Å². The van der Waals surface area contributed by atoms with Gasteiger partial charge in [-0.1, -0.05) is 13.8 Å². The van der Waals surface area contributed by atoms with Crippen molar-refractivity contribution in [3.8, 4) is 0 Å². The van der Waals surface area contributed by atoms with E-state index in [-0.39, 0.29) is 0 Å². The van der Waals surface area contributed by atoms with Crippen LogP contribution < -0.4 is 5.32 Å². The van der Waals surface area contributed by atoms with Gasteiger partial charge in [0.25, 0.3) is 0 Å². The van der Waals surface area contributed by atoms with Gasteiger partial charge in [-0.2, -0.15) is 0 Å². The largest absolute Gasteiger partial charge is 0.309 e. The average molecular weight is 167 g/mol. The standard InChI is InChI=1S/C9H17N3/c1-7(2)10-5-9-6-11-8(3)4-12-9/h6-8,10H,4-5H2,1-3H3. The van der Waals surface area contributed by atoms with E-state index in [1.807, 2.05) is 6.21 Å². The van der Waals surface area contributed by atoms with E-state index in [4.69, 9.17) is 0 Å². The fraction of sp³-hybridized carbons (Fsp3) is 0.778. The van der Waals surface area contributed by atoms with Gasteiger partial charge in [-0.3, -0.25) is 9.98 Å². The van der Waals surface area contributed by atoms with Crippen molar-refractivity contribution in [3.05, 3.63) is 0 Å². The van der Waals surface area contributed by atoms with Gasteiger partial charge >= 0.3 is 0 Å². The molecule has 0 fully saturated rings. The molecule has 1 aliphatic heterocycles. The smallest absolute Gasteiger partial charge is 0.0667 e. The van der Waals surface area contributed by atoms with Crippen LogP contribution in [0.3, 0.4) is 0 Å². The van der Waals surface area contributed by atoms with E-state index in [1.165, 1.54) is 0 Å². The lowest BCUT2D eigenvalue weighted by Gasteiger charge is -2.12. The van der Waals surface area contributed by atoms with E-state index < -0.39 is 0 Å². The van der Waals surface area contributed by atoms with Crippen molar-refractivity contribution < 1.29 is 0 Å². The molecule has 1 N–H and O–H groups in total. The fourth-order valence-electron chi connectivity index (χ4n) is 0.961. The lowest BCUT2D eigenvalue weighted by molar-refractivity contribution is 0.641. The molecule has 0 spiro atoms. The molecule has 0 aromatic heterocycles. The third kappa shape index (κ3) is 3.13. The summed E-state index contributed by atoms with van der Waals surface area (Å²) in [5.74, 6) is 0.